The van der Waals surface area contributed by atoms with Crippen molar-refractivity contribution in [3.05, 3.63) is 28.1 Å². The van der Waals surface area contributed by atoms with Crippen molar-refractivity contribution in [3.63, 3.8) is 0 Å². The lowest BCUT2D eigenvalue weighted by atomic mass is 9.93. The standard InChI is InChI=1S/C17H20N2O6S/c1-19(17(23)18-9-3-5-10(24-2)6-4-9)14-8-12-13(26-14)7-11(15(20)21)16(22)25-12/h7-10H,3-6H2,1-2H3,(H,18,23)(H,20,21). The lowest BCUT2D eigenvalue weighted by Gasteiger charge is -2.29. The van der Waals surface area contributed by atoms with Crippen LogP contribution in [0.2, 0.25) is 0 Å². The Kier molecular flexibility index (Phi) is 5.28. The van der Waals surface area contributed by atoms with E-state index < -0.39 is 17.2 Å². The number of hydrogen-bond acceptors (Lipinski definition) is 6. The molecule has 0 atom stereocenters. The van der Waals surface area contributed by atoms with Gasteiger partial charge in [-0.15, -0.1) is 11.3 Å². The third-order valence-electron chi connectivity index (χ3n) is 4.61. The van der Waals surface area contributed by atoms with E-state index in [9.17, 15) is 14.4 Å². The van der Waals surface area contributed by atoms with Crippen molar-refractivity contribution in [2.45, 2.75) is 37.8 Å². The highest BCUT2D eigenvalue weighted by Crippen LogP contribution is 2.32. The summed E-state index contributed by atoms with van der Waals surface area (Å²) >= 11 is 1.19. The van der Waals surface area contributed by atoms with Crippen molar-refractivity contribution in [2.24, 2.45) is 0 Å². The van der Waals surface area contributed by atoms with E-state index in [2.05, 4.69) is 5.32 Å². The zero-order valence-electron chi connectivity index (χ0n) is 14.5. The van der Waals surface area contributed by atoms with Gasteiger partial charge in [-0.1, -0.05) is 0 Å². The molecule has 0 unspecified atom stereocenters. The number of urea groups is 1. The zero-order valence-corrected chi connectivity index (χ0v) is 15.3. The number of methoxy groups -OCH3 is 1. The van der Waals surface area contributed by atoms with E-state index in [0.717, 1.165) is 25.7 Å². The fraction of sp³-hybridized carbons (Fsp3) is 0.471. The number of nitrogens with one attached hydrogen (secondary N) is 1. The lowest BCUT2D eigenvalue weighted by Crippen LogP contribution is -2.45. The zero-order chi connectivity index (χ0) is 18.8. The Morgan fingerprint density at radius 1 is 1.31 bits per heavy atom. The number of aromatic carboxylic acids is 1. The highest BCUT2D eigenvalue weighted by atomic mass is 32.1. The van der Waals surface area contributed by atoms with Crippen LogP contribution in [0.4, 0.5) is 9.80 Å². The Bertz CT molecular complexity index is 881. The van der Waals surface area contributed by atoms with E-state index in [-0.39, 0.29) is 23.8 Å². The van der Waals surface area contributed by atoms with Gasteiger partial charge in [0.05, 0.1) is 10.8 Å². The molecule has 9 heteroatoms. The van der Waals surface area contributed by atoms with Gasteiger partial charge in [0.2, 0.25) is 0 Å². The summed E-state index contributed by atoms with van der Waals surface area (Å²) in [6.45, 7) is 0. The summed E-state index contributed by atoms with van der Waals surface area (Å²) in [6.07, 6.45) is 3.81. The summed E-state index contributed by atoms with van der Waals surface area (Å²) in [5, 5.41) is 12.6. The summed E-state index contributed by atoms with van der Waals surface area (Å²) in [4.78, 5) is 36.6. The topological polar surface area (TPSA) is 109 Å². The van der Waals surface area contributed by atoms with E-state index in [1.807, 2.05) is 0 Å². The molecule has 0 saturated heterocycles. The number of carboxylic acid groups (broad SMARTS) is 1. The molecule has 2 aromatic rings. The molecule has 2 amide bonds. The minimum atomic E-state index is -1.34. The van der Waals surface area contributed by atoms with Gasteiger partial charge in [0.15, 0.2) is 5.58 Å². The van der Waals surface area contributed by atoms with Crippen LogP contribution in [0.25, 0.3) is 10.3 Å². The number of nitrogens with zero attached hydrogens (tertiary/aromatic N) is 1. The number of carbonyl (C=O) groups excluding carboxylic acids is 1. The highest BCUT2D eigenvalue weighted by molar-refractivity contribution is 7.22. The molecule has 0 aromatic carbocycles. The molecule has 0 aliphatic heterocycles. The minimum Gasteiger partial charge on any atom is -0.477 e. The largest absolute Gasteiger partial charge is 0.477 e. The predicted octanol–water partition coefficient (Wildman–Crippen LogP) is 2.66. The molecule has 3 rings (SSSR count). The second-order valence-electron chi connectivity index (χ2n) is 6.28. The van der Waals surface area contributed by atoms with Gasteiger partial charge in [-0.05, 0) is 31.7 Å². The van der Waals surface area contributed by atoms with Gasteiger partial charge in [-0.25, -0.2) is 14.4 Å². The Balaban J connectivity index is 1.73. The van der Waals surface area contributed by atoms with Crippen LogP contribution in [-0.2, 0) is 4.74 Å². The Labute approximate surface area is 153 Å². The van der Waals surface area contributed by atoms with E-state index in [1.54, 1.807) is 20.2 Å². The van der Waals surface area contributed by atoms with Crippen molar-refractivity contribution in [1.82, 2.24) is 5.32 Å². The minimum absolute atomic E-state index is 0.0993. The molecule has 1 fully saturated rings. The third-order valence-corrected chi connectivity index (χ3v) is 5.75. The molecule has 0 spiro atoms. The molecule has 1 aliphatic carbocycles. The average molecular weight is 380 g/mol. The van der Waals surface area contributed by atoms with Crippen LogP contribution < -0.4 is 15.8 Å². The van der Waals surface area contributed by atoms with Gasteiger partial charge in [-0.3, -0.25) is 4.90 Å². The van der Waals surface area contributed by atoms with Gasteiger partial charge < -0.3 is 19.6 Å². The first-order valence-electron chi connectivity index (χ1n) is 8.27. The van der Waals surface area contributed by atoms with Crippen LogP contribution in [0, 0.1) is 0 Å². The van der Waals surface area contributed by atoms with Gasteiger partial charge in [0.1, 0.15) is 10.6 Å². The van der Waals surface area contributed by atoms with Gasteiger partial charge in [0, 0.05) is 26.3 Å². The molecule has 140 valence electrons. The first kappa shape index (κ1) is 18.4. The number of rotatable bonds is 4. The molecule has 2 aromatic heterocycles. The molecule has 1 saturated carbocycles. The Morgan fingerprint density at radius 3 is 2.62 bits per heavy atom. The summed E-state index contributed by atoms with van der Waals surface area (Å²) in [5.41, 5.74) is -1.07. The van der Waals surface area contributed by atoms with Gasteiger partial charge in [-0.2, -0.15) is 0 Å². The van der Waals surface area contributed by atoms with Crippen LogP contribution in [0.1, 0.15) is 36.0 Å². The fourth-order valence-electron chi connectivity index (χ4n) is 3.03. The third kappa shape index (κ3) is 3.73. The number of ether oxygens (including phenoxy) is 1. The molecule has 2 heterocycles. The first-order valence-corrected chi connectivity index (χ1v) is 9.08. The number of carbonyl (C=O) groups is 2. The van der Waals surface area contributed by atoms with Crippen LogP contribution >= 0.6 is 11.3 Å². The number of carboxylic acids is 1. The summed E-state index contributed by atoms with van der Waals surface area (Å²) < 4.78 is 10.9. The quantitative estimate of drug-likeness (QED) is 0.844. The van der Waals surface area contributed by atoms with Crippen LogP contribution in [0.15, 0.2) is 21.3 Å². The van der Waals surface area contributed by atoms with Crippen LogP contribution in [-0.4, -0.2) is 43.4 Å². The van der Waals surface area contributed by atoms with Gasteiger partial charge >= 0.3 is 17.6 Å². The molecule has 26 heavy (non-hydrogen) atoms. The molecular formula is C17H20N2O6S. The summed E-state index contributed by atoms with van der Waals surface area (Å²) in [6, 6.07) is 2.68. The maximum absolute atomic E-state index is 12.5. The second-order valence-corrected chi connectivity index (χ2v) is 7.35. The Morgan fingerprint density at radius 2 is 2.00 bits per heavy atom. The number of fused-ring (bicyclic) bond motifs is 1. The van der Waals surface area contributed by atoms with Gasteiger partial charge in [0.25, 0.3) is 0 Å². The molecule has 8 nitrogen and oxygen atoms in total. The molecule has 0 bridgehead atoms. The number of thiophene rings is 1. The van der Waals surface area contributed by atoms with Crippen molar-refractivity contribution in [3.8, 4) is 0 Å². The van der Waals surface area contributed by atoms with E-state index >= 15 is 0 Å². The van der Waals surface area contributed by atoms with E-state index in [4.69, 9.17) is 14.3 Å². The maximum Gasteiger partial charge on any atom is 0.351 e. The predicted molar refractivity (Wildman–Crippen MR) is 97.3 cm³/mol. The summed E-state index contributed by atoms with van der Waals surface area (Å²) in [7, 11) is 3.32. The van der Waals surface area contributed by atoms with Crippen molar-refractivity contribution in [2.75, 3.05) is 19.1 Å². The summed E-state index contributed by atoms with van der Waals surface area (Å²) in [5.74, 6) is -1.34. The molecule has 2 N–H and O–H groups in total. The van der Waals surface area contributed by atoms with E-state index in [1.165, 1.54) is 22.3 Å². The van der Waals surface area contributed by atoms with Crippen LogP contribution in [0.3, 0.4) is 0 Å². The molecular weight excluding hydrogens is 360 g/mol. The first-order chi connectivity index (χ1) is 12.4. The van der Waals surface area contributed by atoms with Crippen molar-refractivity contribution < 1.29 is 23.8 Å². The van der Waals surface area contributed by atoms with Crippen LogP contribution in [0.5, 0.6) is 0 Å². The number of hydrogen-bond donors (Lipinski definition) is 2. The Hall–Kier alpha value is -2.39. The second kappa shape index (κ2) is 7.46. The van der Waals surface area contributed by atoms with Crippen molar-refractivity contribution >= 4 is 38.6 Å². The number of amides is 2. The SMILES string of the molecule is COC1CCC(NC(=O)N(C)c2cc3oc(=O)c(C(=O)O)cc3s2)CC1. The normalized spacial score (nSPS) is 20.1. The smallest absolute Gasteiger partial charge is 0.351 e. The monoisotopic (exact) mass is 380 g/mol. The number of anilines is 1. The highest BCUT2D eigenvalue weighted by Gasteiger charge is 2.24. The molecule has 1 aliphatic rings. The van der Waals surface area contributed by atoms with E-state index in [0.29, 0.717) is 9.70 Å². The maximum atomic E-state index is 12.5. The van der Waals surface area contributed by atoms with Crippen molar-refractivity contribution in [1.29, 1.82) is 0 Å². The average Bonchev–Trinajstić information content (AvgIpc) is 3.03. The molecule has 0 radical (unpaired) electrons. The fourth-order valence-corrected chi connectivity index (χ4v) is 4.02. The lowest BCUT2D eigenvalue weighted by molar-refractivity contribution is 0.0637.